The fourth-order valence-electron chi connectivity index (χ4n) is 1.88. The molecule has 5 nitrogen and oxygen atoms in total. The van der Waals surface area contributed by atoms with Crippen molar-refractivity contribution in [1.82, 2.24) is 4.83 Å². The fourth-order valence-corrected chi connectivity index (χ4v) is 3.01. The average molecular weight is 353 g/mol. The van der Waals surface area contributed by atoms with Gasteiger partial charge in [-0.15, -0.1) is 0 Å². The van der Waals surface area contributed by atoms with Crippen LogP contribution in [0.4, 0.5) is 0 Å². The van der Waals surface area contributed by atoms with Gasteiger partial charge in [-0.05, 0) is 44.2 Å². The summed E-state index contributed by atoms with van der Waals surface area (Å²) in [5.74, 6) is 0.613. The summed E-state index contributed by atoms with van der Waals surface area (Å²) in [6.45, 7) is 4.06. The van der Waals surface area contributed by atoms with E-state index in [0.29, 0.717) is 28.7 Å². The lowest BCUT2D eigenvalue weighted by atomic mass is 10.1. The highest BCUT2D eigenvalue weighted by molar-refractivity contribution is 7.89. The first-order valence-electron chi connectivity index (χ1n) is 6.98. The molecule has 2 aromatic rings. The average Bonchev–Trinajstić information content (AvgIpc) is 2.54. The number of hydrazone groups is 1. The third-order valence-electron chi connectivity index (χ3n) is 3.04. The van der Waals surface area contributed by atoms with Gasteiger partial charge in [0.15, 0.2) is 0 Å². The summed E-state index contributed by atoms with van der Waals surface area (Å²) in [6, 6.07) is 13.2. The first-order valence-corrected chi connectivity index (χ1v) is 8.84. The summed E-state index contributed by atoms with van der Waals surface area (Å²) >= 11 is 6.06. The monoisotopic (exact) mass is 352 g/mol. The van der Waals surface area contributed by atoms with Gasteiger partial charge in [0.25, 0.3) is 10.0 Å². The van der Waals surface area contributed by atoms with E-state index in [1.165, 1.54) is 12.1 Å². The molecule has 0 unspecified atom stereocenters. The number of nitrogens with one attached hydrogen (secondary N) is 1. The van der Waals surface area contributed by atoms with Crippen molar-refractivity contribution in [3.63, 3.8) is 0 Å². The van der Waals surface area contributed by atoms with E-state index in [1.54, 1.807) is 43.3 Å². The van der Waals surface area contributed by atoms with Crippen molar-refractivity contribution in [2.45, 2.75) is 18.7 Å². The Balaban J connectivity index is 2.18. The minimum absolute atomic E-state index is 0.108. The Labute approximate surface area is 141 Å². The molecule has 2 rings (SSSR count). The second kappa shape index (κ2) is 7.48. The van der Waals surface area contributed by atoms with Crippen molar-refractivity contribution in [3.05, 3.63) is 59.1 Å². The van der Waals surface area contributed by atoms with Gasteiger partial charge in [0.1, 0.15) is 5.75 Å². The van der Waals surface area contributed by atoms with E-state index in [1.807, 2.05) is 6.92 Å². The van der Waals surface area contributed by atoms with Crippen LogP contribution in [0.5, 0.6) is 5.75 Å². The van der Waals surface area contributed by atoms with Gasteiger partial charge >= 0.3 is 0 Å². The van der Waals surface area contributed by atoms with Crippen LogP contribution in [-0.2, 0) is 10.0 Å². The van der Waals surface area contributed by atoms with Crippen LogP contribution in [0.1, 0.15) is 19.4 Å². The van der Waals surface area contributed by atoms with E-state index in [-0.39, 0.29) is 4.90 Å². The Morgan fingerprint density at radius 1 is 1.17 bits per heavy atom. The van der Waals surface area contributed by atoms with E-state index in [9.17, 15) is 8.42 Å². The topological polar surface area (TPSA) is 67.8 Å². The summed E-state index contributed by atoms with van der Waals surface area (Å²) < 4.78 is 29.7. The molecule has 122 valence electrons. The molecular weight excluding hydrogens is 336 g/mol. The van der Waals surface area contributed by atoms with Crippen LogP contribution in [-0.4, -0.2) is 20.7 Å². The van der Waals surface area contributed by atoms with E-state index in [0.717, 1.165) is 0 Å². The number of hydrogen-bond acceptors (Lipinski definition) is 4. The van der Waals surface area contributed by atoms with E-state index in [2.05, 4.69) is 9.93 Å². The lowest BCUT2D eigenvalue weighted by Crippen LogP contribution is -2.20. The highest BCUT2D eigenvalue weighted by Gasteiger charge is 2.13. The Bertz CT molecular complexity index is 802. The van der Waals surface area contributed by atoms with Crippen LogP contribution < -0.4 is 9.57 Å². The zero-order valence-corrected chi connectivity index (χ0v) is 14.4. The molecule has 0 bridgehead atoms. The minimum atomic E-state index is -3.74. The van der Waals surface area contributed by atoms with Crippen LogP contribution in [0.15, 0.2) is 58.5 Å². The first kappa shape index (κ1) is 17.3. The summed E-state index contributed by atoms with van der Waals surface area (Å²) in [7, 11) is -3.74. The van der Waals surface area contributed by atoms with Gasteiger partial charge in [0.05, 0.1) is 17.2 Å². The van der Waals surface area contributed by atoms with Crippen molar-refractivity contribution < 1.29 is 13.2 Å². The second-order valence-electron chi connectivity index (χ2n) is 4.68. The molecule has 0 spiro atoms. The molecule has 0 aromatic heterocycles. The molecule has 0 aliphatic rings. The van der Waals surface area contributed by atoms with Gasteiger partial charge in [-0.1, -0.05) is 29.8 Å². The molecule has 7 heteroatoms. The standard InChI is InChI=1S/C16H17ClN2O3S/c1-3-22-13-8-10-14(11-9-13)23(20,21)19-18-12(2)15-6-4-5-7-16(15)17/h4-11,19H,3H2,1-2H3/b18-12-. The highest BCUT2D eigenvalue weighted by Crippen LogP contribution is 2.17. The van der Waals surface area contributed by atoms with Crippen LogP contribution in [0, 0.1) is 0 Å². The number of nitrogens with zero attached hydrogens (tertiary/aromatic N) is 1. The second-order valence-corrected chi connectivity index (χ2v) is 6.74. The number of benzene rings is 2. The van der Waals surface area contributed by atoms with Gasteiger partial charge in [-0.25, -0.2) is 0 Å². The first-order chi connectivity index (χ1) is 10.9. The van der Waals surface area contributed by atoms with Crippen molar-refractivity contribution in [2.75, 3.05) is 6.61 Å². The smallest absolute Gasteiger partial charge is 0.276 e. The van der Waals surface area contributed by atoms with E-state index in [4.69, 9.17) is 16.3 Å². The zero-order valence-electron chi connectivity index (χ0n) is 12.8. The van der Waals surface area contributed by atoms with Gasteiger partial charge in [0, 0.05) is 10.6 Å². The van der Waals surface area contributed by atoms with Gasteiger partial charge in [-0.3, -0.25) is 0 Å². The number of hydrogen-bond donors (Lipinski definition) is 1. The third kappa shape index (κ3) is 4.46. The number of sulfonamides is 1. The molecule has 0 heterocycles. The van der Waals surface area contributed by atoms with Crippen molar-refractivity contribution in [3.8, 4) is 5.75 Å². The molecule has 0 amide bonds. The molecule has 0 aliphatic carbocycles. The highest BCUT2D eigenvalue weighted by atomic mass is 35.5. The minimum Gasteiger partial charge on any atom is -0.494 e. The molecule has 0 radical (unpaired) electrons. The molecule has 0 saturated carbocycles. The van der Waals surface area contributed by atoms with Crippen molar-refractivity contribution in [1.29, 1.82) is 0 Å². The fraction of sp³-hybridized carbons (Fsp3) is 0.188. The summed E-state index contributed by atoms with van der Waals surface area (Å²) in [6.07, 6.45) is 0. The van der Waals surface area contributed by atoms with Gasteiger partial charge in [-0.2, -0.15) is 18.4 Å². The van der Waals surface area contributed by atoms with Crippen molar-refractivity contribution >= 4 is 27.3 Å². The largest absolute Gasteiger partial charge is 0.494 e. The van der Waals surface area contributed by atoms with Gasteiger partial charge < -0.3 is 4.74 Å². The van der Waals surface area contributed by atoms with Crippen molar-refractivity contribution in [2.24, 2.45) is 5.10 Å². The molecule has 0 saturated heterocycles. The van der Waals surface area contributed by atoms with Crippen LogP contribution in [0.2, 0.25) is 5.02 Å². The maximum absolute atomic E-state index is 12.2. The van der Waals surface area contributed by atoms with E-state index >= 15 is 0 Å². The molecule has 0 atom stereocenters. The predicted octanol–water partition coefficient (Wildman–Crippen LogP) is 3.44. The van der Waals surface area contributed by atoms with Crippen LogP contribution in [0.3, 0.4) is 0 Å². The summed E-state index contributed by atoms with van der Waals surface area (Å²) in [5, 5.41) is 4.43. The molecular formula is C16H17ClN2O3S. The maximum Gasteiger partial charge on any atom is 0.276 e. The Hall–Kier alpha value is -2.05. The molecule has 0 fully saturated rings. The molecule has 23 heavy (non-hydrogen) atoms. The number of ether oxygens (including phenoxy) is 1. The predicted molar refractivity (Wildman–Crippen MR) is 91.6 cm³/mol. The molecule has 0 aliphatic heterocycles. The third-order valence-corrected chi connectivity index (χ3v) is 4.60. The Morgan fingerprint density at radius 2 is 1.83 bits per heavy atom. The Kier molecular flexibility index (Phi) is 5.63. The van der Waals surface area contributed by atoms with E-state index < -0.39 is 10.0 Å². The SMILES string of the molecule is CCOc1ccc(S(=O)(=O)N/N=C(/C)c2ccccc2Cl)cc1. The maximum atomic E-state index is 12.2. The number of rotatable bonds is 6. The van der Waals surface area contributed by atoms with Crippen LogP contribution >= 0.6 is 11.6 Å². The van der Waals surface area contributed by atoms with Crippen LogP contribution in [0.25, 0.3) is 0 Å². The quantitative estimate of drug-likeness (QED) is 0.639. The summed E-state index contributed by atoms with van der Waals surface area (Å²) in [4.78, 5) is 2.32. The molecule has 1 N–H and O–H groups in total. The zero-order chi connectivity index (χ0) is 16.9. The molecule has 2 aromatic carbocycles. The Morgan fingerprint density at radius 3 is 2.43 bits per heavy atom. The summed E-state index contributed by atoms with van der Waals surface area (Å²) in [5.41, 5.74) is 1.15. The lowest BCUT2D eigenvalue weighted by Gasteiger charge is -2.07. The normalized spacial score (nSPS) is 12.0. The number of halogens is 1. The van der Waals surface area contributed by atoms with Gasteiger partial charge in [0.2, 0.25) is 0 Å². The lowest BCUT2D eigenvalue weighted by molar-refractivity contribution is 0.340.